The molecule has 0 aliphatic rings. The quantitative estimate of drug-likeness (QED) is 0.794. The number of hydrogen-bond donors (Lipinski definition) is 1. The molecule has 1 rings (SSSR count). The standard InChI is InChI=1S/C14H21ClN2O3S/c1-4-17(7-10(2)14(19)20)9-13(18)16(3)8-11-5-6-12(15)21-11/h5-6,10H,4,7-9H2,1-3H3,(H,19,20). The fourth-order valence-electron chi connectivity index (χ4n) is 1.84. The van der Waals surface area contributed by atoms with E-state index in [1.54, 1.807) is 18.9 Å². The molecule has 1 atom stereocenters. The van der Waals surface area contributed by atoms with Crippen LogP contribution < -0.4 is 0 Å². The zero-order valence-corrected chi connectivity index (χ0v) is 14.1. The molecule has 1 unspecified atom stereocenters. The van der Waals surface area contributed by atoms with Crippen LogP contribution in [0, 0.1) is 5.92 Å². The largest absolute Gasteiger partial charge is 0.481 e. The lowest BCUT2D eigenvalue weighted by Crippen LogP contribution is -2.40. The molecule has 1 aromatic heterocycles. The van der Waals surface area contributed by atoms with Crippen LogP contribution in [0.15, 0.2) is 12.1 Å². The number of amides is 1. The topological polar surface area (TPSA) is 60.9 Å². The SMILES string of the molecule is CCN(CC(=O)N(C)Cc1ccc(Cl)s1)CC(C)C(=O)O. The van der Waals surface area contributed by atoms with Crippen LogP contribution in [0.1, 0.15) is 18.7 Å². The molecular formula is C14H21ClN2O3S. The molecule has 0 spiro atoms. The van der Waals surface area contributed by atoms with Crippen LogP contribution in [-0.2, 0) is 16.1 Å². The van der Waals surface area contributed by atoms with Crippen LogP contribution >= 0.6 is 22.9 Å². The third-order valence-corrected chi connectivity index (χ3v) is 4.42. The first-order valence-electron chi connectivity index (χ1n) is 6.76. The van der Waals surface area contributed by atoms with Crippen LogP contribution in [0.4, 0.5) is 0 Å². The summed E-state index contributed by atoms with van der Waals surface area (Å²) in [7, 11) is 1.74. The Bertz CT molecular complexity index is 492. The minimum Gasteiger partial charge on any atom is -0.481 e. The van der Waals surface area contributed by atoms with E-state index in [1.165, 1.54) is 11.3 Å². The van der Waals surface area contributed by atoms with Gasteiger partial charge >= 0.3 is 5.97 Å². The van der Waals surface area contributed by atoms with Gasteiger partial charge in [0.15, 0.2) is 0 Å². The second-order valence-electron chi connectivity index (χ2n) is 5.02. The summed E-state index contributed by atoms with van der Waals surface area (Å²) in [6.45, 7) is 5.32. The van der Waals surface area contributed by atoms with Crippen LogP contribution in [0.5, 0.6) is 0 Å². The highest BCUT2D eigenvalue weighted by Gasteiger charge is 2.19. The molecule has 1 N–H and O–H groups in total. The minimum absolute atomic E-state index is 0.0287. The Kier molecular flexibility index (Phi) is 7.14. The summed E-state index contributed by atoms with van der Waals surface area (Å²) in [5.74, 6) is -1.36. The maximum Gasteiger partial charge on any atom is 0.307 e. The monoisotopic (exact) mass is 332 g/mol. The number of aliphatic carboxylic acids is 1. The van der Waals surface area contributed by atoms with Gasteiger partial charge in [-0.25, -0.2) is 0 Å². The van der Waals surface area contributed by atoms with E-state index in [0.29, 0.717) is 24.0 Å². The van der Waals surface area contributed by atoms with Crippen molar-refractivity contribution in [3.8, 4) is 0 Å². The van der Waals surface area contributed by atoms with Crippen molar-refractivity contribution in [2.75, 3.05) is 26.7 Å². The molecule has 21 heavy (non-hydrogen) atoms. The summed E-state index contributed by atoms with van der Waals surface area (Å²) >= 11 is 7.32. The van der Waals surface area contributed by atoms with Crippen molar-refractivity contribution in [3.63, 3.8) is 0 Å². The number of carboxylic acid groups (broad SMARTS) is 1. The summed E-state index contributed by atoms with van der Waals surface area (Å²) in [5.41, 5.74) is 0. The molecule has 0 saturated heterocycles. The van der Waals surface area contributed by atoms with Gasteiger partial charge in [-0.1, -0.05) is 25.4 Å². The van der Waals surface area contributed by atoms with Gasteiger partial charge in [0, 0.05) is 18.5 Å². The van der Waals surface area contributed by atoms with Crippen molar-refractivity contribution in [2.24, 2.45) is 5.92 Å². The number of carbonyl (C=O) groups excluding carboxylic acids is 1. The molecule has 0 aromatic carbocycles. The van der Waals surface area contributed by atoms with E-state index in [2.05, 4.69) is 0 Å². The summed E-state index contributed by atoms with van der Waals surface area (Å²) in [4.78, 5) is 27.6. The van der Waals surface area contributed by atoms with E-state index in [4.69, 9.17) is 16.7 Å². The van der Waals surface area contributed by atoms with E-state index in [0.717, 1.165) is 4.88 Å². The highest BCUT2D eigenvalue weighted by molar-refractivity contribution is 7.16. The van der Waals surface area contributed by atoms with Crippen LogP contribution in [0.25, 0.3) is 0 Å². The van der Waals surface area contributed by atoms with Gasteiger partial charge < -0.3 is 10.0 Å². The van der Waals surface area contributed by atoms with Crippen molar-refractivity contribution in [3.05, 3.63) is 21.3 Å². The lowest BCUT2D eigenvalue weighted by molar-refractivity contribution is -0.142. The van der Waals surface area contributed by atoms with Crippen molar-refractivity contribution in [1.29, 1.82) is 0 Å². The zero-order valence-electron chi connectivity index (χ0n) is 12.5. The predicted octanol–water partition coefficient (Wildman–Crippen LogP) is 2.40. The number of carboxylic acids is 1. The van der Waals surface area contributed by atoms with E-state index >= 15 is 0 Å². The van der Waals surface area contributed by atoms with E-state index in [1.807, 2.05) is 24.0 Å². The predicted molar refractivity (Wildman–Crippen MR) is 84.7 cm³/mol. The smallest absolute Gasteiger partial charge is 0.307 e. The first-order valence-corrected chi connectivity index (χ1v) is 7.96. The molecule has 0 aliphatic carbocycles. The van der Waals surface area contributed by atoms with Gasteiger partial charge in [-0.05, 0) is 18.7 Å². The zero-order chi connectivity index (χ0) is 16.0. The highest BCUT2D eigenvalue weighted by Crippen LogP contribution is 2.22. The Balaban J connectivity index is 2.51. The average Bonchev–Trinajstić information content (AvgIpc) is 2.82. The second kappa shape index (κ2) is 8.36. The maximum atomic E-state index is 12.2. The Labute approximate surface area is 134 Å². The van der Waals surface area contributed by atoms with E-state index in [9.17, 15) is 9.59 Å². The second-order valence-corrected chi connectivity index (χ2v) is 6.82. The number of hydrogen-bond acceptors (Lipinski definition) is 4. The van der Waals surface area contributed by atoms with Gasteiger partial charge in [0.05, 0.1) is 23.3 Å². The number of nitrogens with zero attached hydrogens (tertiary/aromatic N) is 2. The molecular weight excluding hydrogens is 312 g/mol. The Hall–Kier alpha value is -1.11. The number of rotatable bonds is 8. The lowest BCUT2D eigenvalue weighted by Gasteiger charge is -2.25. The molecule has 118 valence electrons. The summed E-state index contributed by atoms with van der Waals surface area (Å²) in [5, 5.41) is 8.93. The van der Waals surface area contributed by atoms with E-state index < -0.39 is 11.9 Å². The average molecular weight is 333 g/mol. The lowest BCUT2D eigenvalue weighted by atomic mass is 10.1. The van der Waals surface area contributed by atoms with Crippen molar-refractivity contribution >= 4 is 34.8 Å². The molecule has 5 nitrogen and oxygen atoms in total. The molecule has 0 radical (unpaired) electrons. The molecule has 7 heteroatoms. The van der Waals surface area contributed by atoms with Crippen molar-refractivity contribution in [1.82, 2.24) is 9.80 Å². The van der Waals surface area contributed by atoms with E-state index in [-0.39, 0.29) is 12.5 Å². The number of thiophene rings is 1. The van der Waals surface area contributed by atoms with Crippen LogP contribution in [0.3, 0.4) is 0 Å². The molecule has 1 heterocycles. The molecule has 0 saturated carbocycles. The van der Waals surface area contributed by atoms with Crippen molar-refractivity contribution < 1.29 is 14.7 Å². The third-order valence-electron chi connectivity index (χ3n) is 3.21. The number of carbonyl (C=O) groups is 2. The van der Waals surface area contributed by atoms with Crippen molar-refractivity contribution in [2.45, 2.75) is 20.4 Å². The third kappa shape index (κ3) is 6.03. The van der Waals surface area contributed by atoms with Crippen LogP contribution in [-0.4, -0.2) is 53.5 Å². The first kappa shape index (κ1) is 17.9. The van der Waals surface area contributed by atoms with Gasteiger partial charge in [0.1, 0.15) is 0 Å². The summed E-state index contributed by atoms with van der Waals surface area (Å²) in [6.07, 6.45) is 0. The van der Waals surface area contributed by atoms with Gasteiger partial charge in [-0.3, -0.25) is 14.5 Å². The fourth-order valence-corrected chi connectivity index (χ4v) is 2.98. The molecule has 0 aliphatic heterocycles. The van der Waals surface area contributed by atoms with Crippen LogP contribution in [0.2, 0.25) is 4.34 Å². The summed E-state index contributed by atoms with van der Waals surface area (Å²) < 4.78 is 0.705. The fraction of sp³-hybridized carbons (Fsp3) is 0.571. The number of likely N-dealkylation sites (N-methyl/N-ethyl adjacent to an activating group) is 2. The first-order chi connectivity index (χ1) is 9.83. The van der Waals surface area contributed by atoms with Gasteiger partial charge in [0.2, 0.25) is 5.91 Å². The number of halogens is 1. The normalized spacial score (nSPS) is 12.4. The molecule has 1 aromatic rings. The van der Waals surface area contributed by atoms with Gasteiger partial charge in [0.25, 0.3) is 0 Å². The molecule has 0 fully saturated rings. The molecule has 1 amide bonds. The Morgan fingerprint density at radius 3 is 2.57 bits per heavy atom. The Morgan fingerprint density at radius 1 is 1.43 bits per heavy atom. The minimum atomic E-state index is -0.845. The van der Waals surface area contributed by atoms with Gasteiger partial charge in [-0.2, -0.15) is 0 Å². The highest BCUT2D eigenvalue weighted by atomic mass is 35.5. The van der Waals surface area contributed by atoms with Gasteiger partial charge in [-0.15, -0.1) is 11.3 Å². The maximum absolute atomic E-state index is 12.2. The Morgan fingerprint density at radius 2 is 2.10 bits per heavy atom. The molecule has 0 bridgehead atoms. The summed E-state index contributed by atoms with van der Waals surface area (Å²) in [6, 6.07) is 3.72.